The van der Waals surface area contributed by atoms with Crippen LogP contribution in [-0.2, 0) is 0 Å². The predicted octanol–water partition coefficient (Wildman–Crippen LogP) is 2.87. The molecule has 120 valence electrons. The van der Waals surface area contributed by atoms with Gasteiger partial charge in [0.25, 0.3) is 0 Å². The Labute approximate surface area is 131 Å². The molecule has 0 amide bonds. The fraction of sp³-hybridized carbons (Fsp3) is 0.938. The second-order valence-electron chi connectivity index (χ2n) is 7.00. The van der Waals surface area contributed by atoms with E-state index in [1.54, 1.807) is 0 Å². The minimum atomic E-state index is -0.701. The number of alkyl halides is 2. The third kappa shape index (κ3) is 3.53. The Hall–Kier alpha value is -0.350. The zero-order valence-corrected chi connectivity index (χ0v) is 13.4. The van der Waals surface area contributed by atoms with Crippen molar-refractivity contribution in [2.45, 2.75) is 62.5 Å². The van der Waals surface area contributed by atoms with Crippen LogP contribution in [0.1, 0.15) is 44.9 Å². The van der Waals surface area contributed by atoms with Gasteiger partial charge in [-0.3, -0.25) is 4.99 Å². The molecule has 0 aromatic carbocycles. The number of hydrogen-bond donors (Lipinski definition) is 2. The van der Waals surface area contributed by atoms with Crippen LogP contribution in [0.25, 0.3) is 0 Å². The van der Waals surface area contributed by atoms with Crippen molar-refractivity contribution >= 4 is 17.4 Å². The first-order chi connectivity index (χ1) is 10.1. The zero-order chi connectivity index (χ0) is 14.8. The molecule has 3 nitrogen and oxygen atoms in total. The van der Waals surface area contributed by atoms with Crippen LogP contribution >= 0.6 is 11.6 Å². The molecule has 6 atom stereocenters. The summed E-state index contributed by atoms with van der Waals surface area (Å²) in [6.45, 7) is 1.84. The van der Waals surface area contributed by atoms with Crippen molar-refractivity contribution in [1.29, 1.82) is 0 Å². The first-order valence-corrected chi connectivity index (χ1v) is 8.89. The van der Waals surface area contributed by atoms with E-state index in [1.807, 2.05) is 0 Å². The normalized spacial score (nSPS) is 45.1. The monoisotopic (exact) mass is 315 g/mol. The average molecular weight is 316 g/mol. The number of nitrogens with two attached hydrogens (primary N) is 1. The van der Waals surface area contributed by atoms with Crippen LogP contribution in [0.15, 0.2) is 4.99 Å². The van der Waals surface area contributed by atoms with E-state index in [1.165, 1.54) is 12.8 Å². The molecule has 0 aromatic heterocycles. The first-order valence-electron chi connectivity index (χ1n) is 8.45. The van der Waals surface area contributed by atoms with Gasteiger partial charge >= 0.3 is 0 Å². The summed E-state index contributed by atoms with van der Waals surface area (Å²) in [5, 5.41) is 3.77. The Morgan fingerprint density at radius 2 is 2.05 bits per heavy atom. The van der Waals surface area contributed by atoms with Gasteiger partial charge in [-0.1, -0.05) is 0 Å². The number of rotatable bonds is 2. The van der Waals surface area contributed by atoms with E-state index in [2.05, 4.69) is 10.3 Å². The lowest BCUT2D eigenvalue weighted by Crippen LogP contribution is -2.53. The number of halogens is 2. The predicted molar refractivity (Wildman–Crippen MR) is 85.6 cm³/mol. The van der Waals surface area contributed by atoms with Crippen molar-refractivity contribution in [2.24, 2.45) is 28.5 Å². The van der Waals surface area contributed by atoms with E-state index in [0.717, 1.165) is 44.6 Å². The highest BCUT2D eigenvalue weighted by Gasteiger charge is 2.42. The van der Waals surface area contributed by atoms with Crippen LogP contribution in [0.4, 0.5) is 4.39 Å². The molecule has 3 aliphatic rings. The molecule has 5 heteroatoms. The lowest BCUT2D eigenvalue weighted by atomic mass is 9.68. The van der Waals surface area contributed by atoms with E-state index < -0.39 is 6.17 Å². The van der Waals surface area contributed by atoms with Gasteiger partial charge in [0.15, 0.2) is 0 Å². The molecule has 2 heterocycles. The van der Waals surface area contributed by atoms with Crippen molar-refractivity contribution in [3.63, 3.8) is 0 Å². The molecule has 0 spiro atoms. The number of hydrogen-bond acceptors (Lipinski definition) is 3. The minimum Gasteiger partial charge on any atom is -0.387 e. The van der Waals surface area contributed by atoms with E-state index in [-0.39, 0.29) is 17.3 Å². The topological polar surface area (TPSA) is 50.4 Å². The molecule has 6 unspecified atom stereocenters. The molecule has 1 aliphatic carbocycles. The summed E-state index contributed by atoms with van der Waals surface area (Å²) in [6, 6.07) is 0.270. The number of nitrogens with zero attached hydrogens (tertiary/aromatic N) is 1. The highest BCUT2D eigenvalue weighted by molar-refractivity contribution is 6.20. The molecule has 0 bridgehead atoms. The summed E-state index contributed by atoms with van der Waals surface area (Å²) >= 11 is 6.32. The summed E-state index contributed by atoms with van der Waals surface area (Å²) < 4.78 is 14.5. The van der Waals surface area contributed by atoms with Crippen LogP contribution in [0.5, 0.6) is 0 Å². The molecule has 1 saturated carbocycles. The number of nitrogens with one attached hydrogen (secondary N) is 1. The van der Waals surface area contributed by atoms with Crippen molar-refractivity contribution in [3.05, 3.63) is 0 Å². The van der Waals surface area contributed by atoms with E-state index in [0.29, 0.717) is 18.3 Å². The summed E-state index contributed by atoms with van der Waals surface area (Å²) in [4.78, 5) is 4.32. The van der Waals surface area contributed by atoms with Gasteiger partial charge in [-0.25, -0.2) is 4.39 Å². The Bertz CT molecular complexity index is 390. The van der Waals surface area contributed by atoms with Gasteiger partial charge in [-0.05, 0) is 56.9 Å². The molecule has 3 N–H and O–H groups in total. The van der Waals surface area contributed by atoms with E-state index in [4.69, 9.17) is 17.3 Å². The molecule has 21 heavy (non-hydrogen) atoms. The molecule has 2 aliphatic heterocycles. The molecule has 3 rings (SSSR count). The third-order valence-electron chi connectivity index (χ3n) is 5.66. The highest BCUT2D eigenvalue weighted by atomic mass is 35.5. The van der Waals surface area contributed by atoms with E-state index in [9.17, 15) is 4.39 Å². The Kier molecular flexibility index (Phi) is 5.05. The Morgan fingerprint density at radius 1 is 1.19 bits per heavy atom. The molecule has 2 fully saturated rings. The summed E-state index contributed by atoms with van der Waals surface area (Å²) in [5.74, 6) is 1.94. The van der Waals surface area contributed by atoms with Crippen molar-refractivity contribution in [1.82, 2.24) is 5.32 Å². The standard InChI is InChI=1S/C16H27ClFN3/c17-11-3-4-14(18)13(9-11)16-12(2-1-6-21-16)10-5-7-20-15(19)8-10/h10-14,16,21H,1-9H2,(H2,19,20). The van der Waals surface area contributed by atoms with Gasteiger partial charge in [0.05, 0.1) is 5.84 Å². The average Bonchev–Trinajstić information content (AvgIpc) is 2.50. The zero-order valence-electron chi connectivity index (χ0n) is 12.6. The summed E-state index contributed by atoms with van der Waals surface area (Å²) in [5.41, 5.74) is 5.94. The second-order valence-corrected chi connectivity index (χ2v) is 7.62. The van der Waals surface area contributed by atoms with E-state index >= 15 is 0 Å². The molecular formula is C16H27ClFN3. The number of amidine groups is 1. The maximum atomic E-state index is 14.5. The third-order valence-corrected chi connectivity index (χ3v) is 6.05. The highest BCUT2D eigenvalue weighted by Crippen LogP contribution is 2.40. The van der Waals surface area contributed by atoms with Gasteiger partial charge in [0.1, 0.15) is 6.17 Å². The van der Waals surface area contributed by atoms with Gasteiger partial charge in [-0.15, -0.1) is 11.6 Å². The molecule has 0 aromatic rings. The maximum Gasteiger partial charge on any atom is 0.105 e. The smallest absolute Gasteiger partial charge is 0.105 e. The lowest BCUT2D eigenvalue weighted by Gasteiger charge is -2.45. The van der Waals surface area contributed by atoms with Crippen molar-refractivity contribution < 1.29 is 4.39 Å². The Morgan fingerprint density at radius 3 is 2.86 bits per heavy atom. The van der Waals surface area contributed by atoms with Gasteiger partial charge in [-0.2, -0.15) is 0 Å². The number of piperidine rings is 1. The SMILES string of the molecule is NC1=NCCC(C2CCCNC2C2CC(Cl)CCC2F)C1. The van der Waals surface area contributed by atoms with Crippen LogP contribution in [-0.4, -0.2) is 36.5 Å². The van der Waals surface area contributed by atoms with Gasteiger partial charge in [0, 0.05) is 30.3 Å². The fourth-order valence-electron chi connectivity index (χ4n) is 4.60. The molecule has 1 saturated heterocycles. The quantitative estimate of drug-likeness (QED) is 0.770. The molecule has 0 radical (unpaired) electrons. The van der Waals surface area contributed by atoms with Crippen molar-refractivity contribution in [2.75, 3.05) is 13.1 Å². The van der Waals surface area contributed by atoms with Crippen LogP contribution < -0.4 is 11.1 Å². The fourth-order valence-corrected chi connectivity index (χ4v) is 4.93. The Balaban J connectivity index is 1.73. The largest absolute Gasteiger partial charge is 0.387 e. The van der Waals surface area contributed by atoms with Gasteiger partial charge in [0.2, 0.25) is 0 Å². The minimum absolute atomic E-state index is 0.0756. The van der Waals surface area contributed by atoms with Crippen molar-refractivity contribution in [3.8, 4) is 0 Å². The second kappa shape index (κ2) is 6.82. The summed E-state index contributed by atoms with van der Waals surface area (Å²) in [6.07, 6.45) is 5.90. The number of aliphatic imine (C=N–C) groups is 1. The van der Waals surface area contributed by atoms with Gasteiger partial charge < -0.3 is 11.1 Å². The van der Waals surface area contributed by atoms with Crippen LogP contribution in [0.3, 0.4) is 0 Å². The van der Waals surface area contributed by atoms with Crippen LogP contribution in [0.2, 0.25) is 0 Å². The first kappa shape index (κ1) is 15.5. The van der Waals surface area contributed by atoms with Crippen LogP contribution in [0, 0.1) is 17.8 Å². The lowest BCUT2D eigenvalue weighted by molar-refractivity contribution is 0.0654. The summed E-state index contributed by atoms with van der Waals surface area (Å²) in [7, 11) is 0. The maximum absolute atomic E-state index is 14.5. The molecular weight excluding hydrogens is 289 g/mol.